The van der Waals surface area contributed by atoms with Crippen LogP contribution in [0.5, 0.6) is 0 Å². The molecule has 1 aromatic rings. The van der Waals surface area contributed by atoms with Gasteiger partial charge >= 0.3 is 12.1 Å². The molecule has 2 amide bonds. The molecule has 0 unspecified atom stereocenters. The molecule has 0 radical (unpaired) electrons. The van der Waals surface area contributed by atoms with Gasteiger partial charge in [0.15, 0.2) is 6.04 Å². The Balaban J connectivity index is 2.47. The van der Waals surface area contributed by atoms with E-state index in [0.29, 0.717) is 10.7 Å². The average Bonchev–Trinajstić information content (AvgIpc) is 2.36. The minimum absolute atomic E-state index is 0.450. The summed E-state index contributed by atoms with van der Waals surface area (Å²) >= 11 is 5.68. The Bertz CT molecular complexity index is 503. The molecule has 0 spiro atoms. The number of benzene rings is 1. The molecular weight excluding hydrogens is 288 g/mol. The van der Waals surface area contributed by atoms with Gasteiger partial charge in [-0.1, -0.05) is 11.6 Å². The van der Waals surface area contributed by atoms with Crippen LogP contribution in [0, 0.1) is 0 Å². The quantitative estimate of drug-likeness (QED) is 0.764. The maximum Gasteiger partial charge on any atom is 0.411 e. The van der Waals surface area contributed by atoms with Crippen molar-refractivity contribution in [2.45, 2.75) is 13.0 Å². The predicted molar refractivity (Wildman–Crippen MR) is 71.7 cm³/mol. The molecule has 8 heteroatoms. The zero-order valence-corrected chi connectivity index (χ0v) is 11.3. The van der Waals surface area contributed by atoms with E-state index in [-0.39, 0.29) is 0 Å². The fraction of sp³-hybridized carbons (Fsp3) is 0.250. The molecule has 0 aliphatic carbocycles. The molecule has 1 aromatic carbocycles. The van der Waals surface area contributed by atoms with Gasteiger partial charge in [-0.2, -0.15) is 0 Å². The lowest BCUT2D eigenvalue weighted by Gasteiger charge is -2.13. The van der Waals surface area contributed by atoms with E-state index in [1.54, 1.807) is 24.3 Å². The Kier molecular flexibility index (Phi) is 5.79. The zero-order chi connectivity index (χ0) is 15.1. The first-order valence-corrected chi connectivity index (χ1v) is 5.95. The molecule has 108 valence electrons. The summed E-state index contributed by atoms with van der Waals surface area (Å²) in [7, 11) is 0. The van der Waals surface area contributed by atoms with Crippen LogP contribution >= 0.6 is 11.6 Å². The maximum absolute atomic E-state index is 11.4. The van der Waals surface area contributed by atoms with Gasteiger partial charge in [-0.25, -0.2) is 9.59 Å². The number of hydrogen-bond donors (Lipinski definition) is 3. The number of carbonyl (C=O) groups excluding carboxylic acids is 2. The maximum atomic E-state index is 11.4. The molecule has 0 aliphatic heterocycles. The number of carboxylic acid groups (broad SMARTS) is 1. The lowest BCUT2D eigenvalue weighted by Crippen LogP contribution is -2.43. The number of carbonyl (C=O) groups is 3. The number of nitrogens with one attached hydrogen (secondary N) is 2. The number of anilines is 1. The van der Waals surface area contributed by atoms with Crippen molar-refractivity contribution in [2.75, 3.05) is 11.9 Å². The van der Waals surface area contributed by atoms with Gasteiger partial charge in [0.1, 0.15) is 6.61 Å². The van der Waals surface area contributed by atoms with E-state index in [1.807, 2.05) is 0 Å². The first kappa shape index (κ1) is 15.8. The Morgan fingerprint density at radius 1 is 1.30 bits per heavy atom. The molecular formula is C12H13ClN2O5. The van der Waals surface area contributed by atoms with Crippen LogP contribution in [-0.4, -0.2) is 35.7 Å². The molecule has 0 bridgehead atoms. The minimum atomic E-state index is -1.29. The second kappa shape index (κ2) is 7.34. The summed E-state index contributed by atoms with van der Waals surface area (Å²) in [5.41, 5.74) is 0.450. The fourth-order valence-electron chi connectivity index (χ4n) is 1.27. The van der Waals surface area contributed by atoms with Gasteiger partial charge < -0.3 is 15.2 Å². The van der Waals surface area contributed by atoms with Gasteiger partial charge in [0.05, 0.1) is 0 Å². The second-order valence-corrected chi connectivity index (χ2v) is 4.26. The third-order valence-electron chi connectivity index (χ3n) is 2.15. The van der Waals surface area contributed by atoms with E-state index >= 15 is 0 Å². The van der Waals surface area contributed by atoms with Crippen LogP contribution in [0.2, 0.25) is 5.02 Å². The average molecular weight is 301 g/mol. The summed E-state index contributed by atoms with van der Waals surface area (Å²) < 4.78 is 4.72. The SMILES string of the molecule is CC(=O)N[C@@H](COC(=O)Nc1ccc(Cl)cc1)C(=O)O. The molecule has 0 saturated heterocycles. The van der Waals surface area contributed by atoms with Crippen LogP contribution in [0.15, 0.2) is 24.3 Å². The normalized spacial score (nSPS) is 11.3. The van der Waals surface area contributed by atoms with Crippen molar-refractivity contribution in [3.05, 3.63) is 29.3 Å². The standard InChI is InChI=1S/C12H13ClN2O5/c1-7(16)14-10(11(17)18)6-20-12(19)15-9-4-2-8(13)3-5-9/h2-5,10H,6H2,1H3,(H,14,16)(H,15,19)(H,17,18)/t10-/m0/s1. The van der Waals surface area contributed by atoms with Crippen molar-refractivity contribution in [3.8, 4) is 0 Å². The molecule has 0 aromatic heterocycles. The van der Waals surface area contributed by atoms with Crippen LogP contribution in [0.25, 0.3) is 0 Å². The van der Waals surface area contributed by atoms with Gasteiger partial charge in [-0.3, -0.25) is 10.1 Å². The molecule has 1 atom stereocenters. The zero-order valence-electron chi connectivity index (χ0n) is 10.6. The first-order valence-electron chi connectivity index (χ1n) is 5.57. The molecule has 7 nitrogen and oxygen atoms in total. The van der Waals surface area contributed by atoms with Crippen LogP contribution in [0.1, 0.15) is 6.92 Å². The molecule has 0 aliphatic rings. The smallest absolute Gasteiger partial charge is 0.411 e. The van der Waals surface area contributed by atoms with E-state index in [4.69, 9.17) is 21.4 Å². The number of carboxylic acids is 1. The van der Waals surface area contributed by atoms with Crippen molar-refractivity contribution in [2.24, 2.45) is 0 Å². The molecule has 0 heterocycles. The van der Waals surface area contributed by atoms with Crippen molar-refractivity contribution >= 4 is 35.3 Å². The van der Waals surface area contributed by atoms with E-state index in [1.165, 1.54) is 6.92 Å². The predicted octanol–water partition coefficient (Wildman–Crippen LogP) is 1.48. The number of ether oxygens (including phenoxy) is 1. The summed E-state index contributed by atoms with van der Waals surface area (Å²) in [4.78, 5) is 33.0. The van der Waals surface area contributed by atoms with Gasteiger partial charge in [0.25, 0.3) is 0 Å². The monoisotopic (exact) mass is 300 g/mol. The Morgan fingerprint density at radius 3 is 2.40 bits per heavy atom. The van der Waals surface area contributed by atoms with Gasteiger partial charge in [-0.05, 0) is 24.3 Å². The summed E-state index contributed by atoms with van der Waals surface area (Å²) in [6.45, 7) is 0.693. The second-order valence-electron chi connectivity index (χ2n) is 3.82. The molecule has 1 rings (SSSR count). The molecule has 0 fully saturated rings. The number of amides is 2. The summed E-state index contributed by atoms with van der Waals surface area (Å²) in [5.74, 6) is -1.82. The van der Waals surface area contributed by atoms with E-state index in [0.717, 1.165) is 0 Å². The highest BCUT2D eigenvalue weighted by Gasteiger charge is 2.20. The largest absolute Gasteiger partial charge is 0.480 e. The van der Waals surface area contributed by atoms with Crippen molar-refractivity contribution in [1.82, 2.24) is 5.32 Å². The van der Waals surface area contributed by atoms with Gasteiger partial charge in [0, 0.05) is 17.6 Å². The minimum Gasteiger partial charge on any atom is -0.480 e. The van der Waals surface area contributed by atoms with Crippen LogP contribution < -0.4 is 10.6 Å². The number of halogens is 1. The third-order valence-corrected chi connectivity index (χ3v) is 2.40. The van der Waals surface area contributed by atoms with Crippen molar-refractivity contribution < 1.29 is 24.2 Å². The number of aliphatic carboxylic acids is 1. The van der Waals surface area contributed by atoms with Crippen LogP contribution in [-0.2, 0) is 14.3 Å². The fourth-order valence-corrected chi connectivity index (χ4v) is 1.39. The Labute approximate surface area is 119 Å². The summed E-state index contributed by atoms with van der Waals surface area (Å²) in [5, 5.41) is 13.9. The highest BCUT2D eigenvalue weighted by atomic mass is 35.5. The lowest BCUT2D eigenvalue weighted by atomic mass is 10.3. The van der Waals surface area contributed by atoms with E-state index < -0.39 is 30.6 Å². The highest BCUT2D eigenvalue weighted by Crippen LogP contribution is 2.13. The molecule has 20 heavy (non-hydrogen) atoms. The Hall–Kier alpha value is -2.28. The molecule has 0 saturated carbocycles. The summed E-state index contributed by atoms with van der Waals surface area (Å²) in [6, 6.07) is 4.99. The third kappa shape index (κ3) is 5.57. The highest BCUT2D eigenvalue weighted by molar-refractivity contribution is 6.30. The number of hydrogen-bond acceptors (Lipinski definition) is 4. The van der Waals surface area contributed by atoms with E-state index in [2.05, 4.69) is 10.6 Å². The topological polar surface area (TPSA) is 105 Å². The first-order chi connectivity index (χ1) is 9.38. The summed E-state index contributed by atoms with van der Waals surface area (Å²) in [6.07, 6.45) is -0.830. The Morgan fingerprint density at radius 2 is 1.90 bits per heavy atom. The van der Waals surface area contributed by atoms with Gasteiger partial charge in [-0.15, -0.1) is 0 Å². The van der Waals surface area contributed by atoms with Crippen LogP contribution in [0.3, 0.4) is 0 Å². The van der Waals surface area contributed by atoms with Gasteiger partial charge in [0.2, 0.25) is 5.91 Å². The molecule has 3 N–H and O–H groups in total. The number of rotatable bonds is 5. The van der Waals surface area contributed by atoms with Crippen molar-refractivity contribution in [1.29, 1.82) is 0 Å². The van der Waals surface area contributed by atoms with E-state index in [9.17, 15) is 14.4 Å². The van der Waals surface area contributed by atoms with Crippen LogP contribution in [0.4, 0.5) is 10.5 Å². The van der Waals surface area contributed by atoms with Crippen molar-refractivity contribution in [3.63, 3.8) is 0 Å². The lowest BCUT2D eigenvalue weighted by molar-refractivity contribution is -0.142.